The van der Waals surface area contributed by atoms with E-state index in [0.29, 0.717) is 6.73 Å². The van der Waals surface area contributed by atoms with Crippen molar-refractivity contribution in [1.82, 2.24) is 14.8 Å². The van der Waals surface area contributed by atoms with Gasteiger partial charge < -0.3 is 4.74 Å². The van der Waals surface area contributed by atoms with E-state index in [1.54, 1.807) is 4.68 Å². The summed E-state index contributed by atoms with van der Waals surface area (Å²) in [6, 6.07) is 0. The Balaban J connectivity index is 2.39. The van der Waals surface area contributed by atoms with Crippen LogP contribution < -0.4 is 0 Å². The van der Waals surface area contributed by atoms with Crippen molar-refractivity contribution in [3.05, 3.63) is 11.6 Å². The van der Waals surface area contributed by atoms with Gasteiger partial charge in [0.2, 0.25) is 5.28 Å². The number of hydrogen-bond acceptors (Lipinski definition) is 3. The van der Waals surface area contributed by atoms with E-state index in [-0.39, 0.29) is 11.4 Å². The first-order chi connectivity index (χ1) is 5.18. The molecule has 0 aliphatic carbocycles. The number of hydrogen-bond donors (Lipinski definition) is 0. The Morgan fingerprint density at radius 1 is 1.73 bits per heavy atom. The van der Waals surface area contributed by atoms with Crippen molar-refractivity contribution in [2.75, 3.05) is 0 Å². The van der Waals surface area contributed by atoms with Crippen molar-refractivity contribution in [2.24, 2.45) is 0 Å². The predicted octanol–water partition coefficient (Wildman–Crippen LogP) is 1.31. The Kier molecular flexibility index (Phi) is 2.84. The molecule has 0 saturated carbocycles. The second-order valence-electron chi connectivity index (χ2n) is 2.40. The predicted molar refractivity (Wildman–Crippen MR) is 41.3 cm³/mol. The maximum atomic E-state index is 5.48. The molecule has 0 radical (unpaired) electrons. The van der Waals surface area contributed by atoms with Crippen LogP contribution in [0.1, 0.15) is 13.8 Å². The average Bonchev–Trinajstić information content (AvgIpc) is 2.31. The highest BCUT2D eigenvalue weighted by molar-refractivity contribution is 6.28. The Morgan fingerprint density at radius 3 is 2.91 bits per heavy atom. The van der Waals surface area contributed by atoms with Gasteiger partial charge in [0.25, 0.3) is 0 Å². The molecule has 0 saturated heterocycles. The summed E-state index contributed by atoms with van der Waals surface area (Å²) in [5, 5.41) is 4.08. The molecule has 1 heterocycles. The third kappa shape index (κ3) is 2.86. The van der Waals surface area contributed by atoms with Crippen molar-refractivity contribution in [2.45, 2.75) is 26.7 Å². The van der Waals surface area contributed by atoms with Gasteiger partial charge in [-0.3, -0.25) is 0 Å². The highest BCUT2D eigenvalue weighted by Gasteiger charge is 1.97. The number of nitrogens with zero attached hydrogens (tertiary/aromatic N) is 3. The van der Waals surface area contributed by atoms with Crippen molar-refractivity contribution in [3.63, 3.8) is 0 Å². The van der Waals surface area contributed by atoms with E-state index in [9.17, 15) is 0 Å². The summed E-state index contributed by atoms with van der Waals surface area (Å²) in [4.78, 5) is 3.73. The van der Waals surface area contributed by atoms with Crippen LogP contribution in [0.2, 0.25) is 5.28 Å². The van der Waals surface area contributed by atoms with Crippen molar-refractivity contribution < 1.29 is 4.74 Å². The van der Waals surface area contributed by atoms with Crippen LogP contribution in [-0.4, -0.2) is 20.9 Å². The molecule has 1 aromatic heterocycles. The van der Waals surface area contributed by atoms with E-state index in [4.69, 9.17) is 16.3 Å². The molecule has 0 atom stereocenters. The molecule has 0 spiro atoms. The minimum absolute atomic E-state index is 0.193. The summed E-state index contributed by atoms with van der Waals surface area (Å²) < 4.78 is 6.79. The number of ether oxygens (including phenoxy) is 1. The van der Waals surface area contributed by atoms with Crippen LogP contribution in [0.25, 0.3) is 0 Å². The van der Waals surface area contributed by atoms with E-state index >= 15 is 0 Å². The van der Waals surface area contributed by atoms with Gasteiger partial charge in [-0.15, -0.1) is 5.10 Å². The van der Waals surface area contributed by atoms with Gasteiger partial charge in [0.1, 0.15) is 13.1 Å². The minimum atomic E-state index is 0.193. The van der Waals surface area contributed by atoms with E-state index in [1.165, 1.54) is 6.33 Å². The molecule has 0 aliphatic heterocycles. The second kappa shape index (κ2) is 3.69. The third-order valence-corrected chi connectivity index (χ3v) is 1.22. The number of aromatic nitrogens is 3. The molecule has 0 unspecified atom stereocenters. The topological polar surface area (TPSA) is 39.9 Å². The van der Waals surface area contributed by atoms with Gasteiger partial charge in [-0.2, -0.15) is 0 Å². The fourth-order valence-corrected chi connectivity index (χ4v) is 0.700. The van der Waals surface area contributed by atoms with Crippen LogP contribution in [0, 0.1) is 0 Å². The van der Waals surface area contributed by atoms with Crippen molar-refractivity contribution in [3.8, 4) is 0 Å². The molecule has 1 rings (SSSR count). The van der Waals surface area contributed by atoms with Crippen LogP contribution in [-0.2, 0) is 11.5 Å². The highest BCUT2D eigenvalue weighted by atomic mass is 35.5. The molecule has 0 aliphatic rings. The summed E-state index contributed by atoms with van der Waals surface area (Å²) in [6.45, 7) is 4.31. The zero-order valence-electron chi connectivity index (χ0n) is 6.49. The lowest BCUT2D eigenvalue weighted by Crippen LogP contribution is -2.08. The summed E-state index contributed by atoms with van der Waals surface area (Å²) in [5.74, 6) is 0. The van der Waals surface area contributed by atoms with E-state index in [1.807, 2.05) is 13.8 Å². The molecule has 62 valence electrons. The first-order valence-corrected chi connectivity index (χ1v) is 3.73. The van der Waals surface area contributed by atoms with E-state index in [0.717, 1.165) is 0 Å². The lowest BCUT2D eigenvalue weighted by molar-refractivity contribution is 0.0219. The van der Waals surface area contributed by atoms with Gasteiger partial charge in [-0.1, -0.05) is 0 Å². The SMILES string of the molecule is CC(C)OCn1cnc(Cl)n1. The number of halogens is 1. The van der Waals surface area contributed by atoms with Gasteiger partial charge >= 0.3 is 0 Å². The average molecular weight is 176 g/mol. The zero-order chi connectivity index (χ0) is 8.27. The van der Waals surface area contributed by atoms with Gasteiger partial charge in [-0.05, 0) is 25.4 Å². The molecular weight excluding hydrogens is 166 g/mol. The Hall–Kier alpha value is -0.610. The first kappa shape index (κ1) is 8.49. The summed E-state index contributed by atoms with van der Waals surface area (Å²) in [7, 11) is 0. The van der Waals surface area contributed by atoms with Crippen LogP contribution >= 0.6 is 11.6 Å². The van der Waals surface area contributed by atoms with Crippen LogP contribution in [0.15, 0.2) is 6.33 Å². The molecule has 0 bridgehead atoms. The normalized spacial score (nSPS) is 10.9. The molecule has 0 N–H and O–H groups in total. The highest BCUT2D eigenvalue weighted by Crippen LogP contribution is 1.97. The first-order valence-electron chi connectivity index (χ1n) is 3.35. The molecule has 5 heteroatoms. The van der Waals surface area contributed by atoms with Crippen molar-refractivity contribution in [1.29, 1.82) is 0 Å². The maximum absolute atomic E-state index is 5.48. The molecule has 0 fully saturated rings. The number of rotatable bonds is 3. The van der Waals surface area contributed by atoms with Crippen LogP contribution in [0.4, 0.5) is 0 Å². The summed E-state index contributed by atoms with van der Waals surface area (Å²) in [6.07, 6.45) is 1.73. The second-order valence-corrected chi connectivity index (χ2v) is 2.74. The minimum Gasteiger partial charge on any atom is -0.357 e. The Morgan fingerprint density at radius 2 is 2.45 bits per heavy atom. The Bertz CT molecular complexity index is 223. The monoisotopic (exact) mass is 175 g/mol. The Labute approximate surface area is 70.1 Å². The van der Waals surface area contributed by atoms with Gasteiger partial charge in [-0.25, -0.2) is 9.67 Å². The van der Waals surface area contributed by atoms with Gasteiger partial charge in [0.05, 0.1) is 6.10 Å². The van der Waals surface area contributed by atoms with Crippen molar-refractivity contribution >= 4 is 11.6 Å². The van der Waals surface area contributed by atoms with Crippen LogP contribution in [0.3, 0.4) is 0 Å². The summed E-state index contributed by atoms with van der Waals surface area (Å²) in [5.41, 5.74) is 0. The van der Waals surface area contributed by atoms with E-state index in [2.05, 4.69) is 10.1 Å². The summed E-state index contributed by atoms with van der Waals surface area (Å²) >= 11 is 5.48. The fourth-order valence-electron chi connectivity index (χ4n) is 0.560. The lowest BCUT2D eigenvalue weighted by atomic mass is 10.5. The molecule has 4 nitrogen and oxygen atoms in total. The standard InChI is InChI=1S/C6H10ClN3O/c1-5(2)11-4-10-3-8-6(7)9-10/h3,5H,4H2,1-2H3. The zero-order valence-corrected chi connectivity index (χ0v) is 7.25. The van der Waals surface area contributed by atoms with E-state index < -0.39 is 0 Å². The molecule has 0 aromatic carbocycles. The van der Waals surface area contributed by atoms with Crippen LogP contribution in [0.5, 0.6) is 0 Å². The molecule has 11 heavy (non-hydrogen) atoms. The lowest BCUT2D eigenvalue weighted by Gasteiger charge is -2.05. The quantitative estimate of drug-likeness (QED) is 0.696. The fraction of sp³-hybridized carbons (Fsp3) is 0.667. The molecule has 0 amide bonds. The largest absolute Gasteiger partial charge is 0.357 e. The molecule has 1 aromatic rings. The smallest absolute Gasteiger partial charge is 0.242 e. The third-order valence-electron chi connectivity index (χ3n) is 1.05. The molecular formula is C6H10ClN3O. The maximum Gasteiger partial charge on any atom is 0.242 e. The van der Waals surface area contributed by atoms with Gasteiger partial charge in [0.15, 0.2) is 0 Å². The van der Waals surface area contributed by atoms with Gasteiger partial charge in [0, 0.05) is 0 Å².